The van der Waals surface area contributed by atoms with E-state index in [1.807, 2.05) is 19.1 Å². The third kappa shape index (κ3) is 1.88. The van der Waals surface area contributed by atoms with Crippen LogP contribution in [0.25, 0.3) is 0 Å². The molecule has 1 N–H and O–H groups in total. The van der Waals surface area contributed by atoms with Gasteiger partial charge in [0, 0.05) is 5.56 Å². The molecule has 1 aromatic rings. The zero-order valence-electron chi connectivity index (χ0n) is 6.06. The van der Waals surface area contributed by atoms with E-state index < -0.39 is 0 Å². The summed E-state index contributed by atoms with van der Waals surface area (Å²) in [5, 5.41) is 9.39. The summed E-state index contributed by atoms with van der Waals surface area (Å²) in [6.45, 7) is 1.96. The molecule has 0 aliphatic rings. The first-order valence-electron chi connectivity index (χ1n) is 3.19. The first kappa shape index (κ1) is 8.88. The molecule has 0 atom stereocenters. The van der Waals surface area contributed by atoms with Gasteiger partial charge in [-0.25, -0.2) is 0 Å². The maximum atomic E-state index is 9.39. The predicted molar refractivity (Wildman–Crippen MR) is 50.1 cm³/mol. The lowest BCUT2D eigenvalue weighted by Crippen LogP contribution is -1.83. The number of halogens is 2. The van der Waals surface area contributed by atoms with Crippen molar-refractivity contribution in [1.29, 1.82) is 0 Å². The number of alkyl halides is 1. The third-order valence-electron chi connectivity index (χ3n) is 1.43. The van der Waals surface area contributed by atoms with Crippen molar-refractivity contribution in [2.45, 2.75) is 12.8 Å². The number of aryl methyl sites for hydroxylation is 1. The quantitative estimate of drug-likeness (QED) is 0.741. The fraction of sp³-hybridized carbons (Fsp3) is 0.250. The van der Waals surface area contributed by atoms with Gasteiger partial charge in [-0.05, 0) is 34.5 Å². The first-order valence-corrected chi connectivity index (χ1v) is 4.52. The van der Waals surface area contributed by atoms with Crippen LogP contribution < -0.4 is 0 Å². The van der Waals surface area contributed by atoms with Crippen LogP contribution in [0.4, 0.5) is 0 Å². The van der Waals surface area contributed by atoms with Crippen LogP contribution in [0, 0.1) is 6.92 Å². The van der Waals surface area contributed by atoms with E-state index in [0.29, 0.717) is 10.4 Å². The number of hydrogen-bond donors (Lipinski definition) is 1. The van der Waals surface area contributed by atoms with Crippen LogP contribution in [0.15, 0.2) is 16.6 Å². The first-order chi connectivity index (χ1) is 5.15. The summed E-state index contributed by atoms with van der Waals surface area (Å²) in [4.78, 5) is 0. The predicted octanol–water partition coefficient (Wildman–Crippen LogP) is 3.20. The van der Waals surface area contributed by atoms with E-state index in [2.05, 4.69) is 15.9 Å². The van der Waals surface area contributed by atoms with Crippen LogP contribution in [0.3, 0.4) is 0 Å². The Labute approximate surface area is 79.1 Å². The van der Waals surface area contributed by atoms with Crippen molar-refractivity contribution in [1.82, 2.24) is 0 Å². The van der Waals surface area contributed by atoms with Gasteiger partial charge in [0.15, 0.2) is 0 Å². The smallest absolute Gasteiger partial charge is 0.134 e. The number of hydrogen-bond acceptors (Lipinski definition) is 1. The Bertz CT molecular complexity index is 273. The molecule has 60 valence electrons. The van der Waals surface area contributed by atoms with Gasteiger partial charge in [0.25, 0.3) is 0 Å². The minimum atomic E-state index is 0.241. The maximum absolute atomic E-state index is 9.39. The minimum Gasteiger partial charge on any atom is -0.506 e. The summed E-state index contributed by atoms with van der Waals surface area (Å²) in [6, 6.07) is 3.72. The molecule has 0 bridgehead atoms. The molecule has 0 radical (unpaired) electrons. The molecule has 1 rings (SSSR count). The molecule has 0 unspecified atom stereocenters. The standard InChI is InChI=1S/C8H8BrClO/c1-5-2-6(4-10)8(11)7(9)3-5/h2-3,11H,4H2,1H3. The molecule has 0 heterocycles. The summed E-state index contributed by atoms with van der Waals surface area (Å²) in [6.07, 6.45) is 0. The molecule has 0 saturated carbocycles. The van der Waals surface area contributed by atoms with Gasteiger partial charge < -0.3 is 5.11 Å². The van der Waals surface area contributed by atoms with Crippen molar-refractivity contribution in [2.24, 2.45) is 0 Å². The lowest BCUT2D eigenvalue weighted by atomic mass is 10.1. The van der Waals surface area contributed by atoms with Crippen LogP contribution in [0.2, 0.25) is 0 Å². The number of benzene rings is 1. The van der Waals surface area contributed by atoms with Gasteiger partial charge in [-0.15, -0.1) is 11.6 Å². The molecule has 11 heavy (non-hydrogen) atoms. The highest BCUT2D eigenvalue weighted by Crippen LogP contribution is 2.29. The van der Waals surface area contributed by atoms with Crippen LogP contribution >= 0.6 is 27.5 Å². The zero-order valence-corrected chi connectivity index (χ0v) is 8.41. The number of phenolic OH excluding ortho intramolecular Hbond substituents is 1. The van der Waals surface area contributed by atoms with Gasteiger partial charge in [-0.2, -0.15) is 0 Å². The third-order valence-corrected chi connectivity index (χ3v) is 2.32. The monoisotopic (exact) mass is 234 g/mol. The molecule has 0 spiro atoms. The Morgan fingerprint density at radius 2 is 2.18 bits per heavy atom. The molecular weight excluding hydrogens is 227 g/mol. The molecule has 3 heteroatoms. The summed E-state index contributed by atoms with van der Waals surface area (Å²) in [5.74, 6) is 0.581. The summed E-state index contributed by atoms with van der Waals surface area (Å²) >= 11 is 8.82. The molecule has 0 saturated heterocycles. The van der Waals surface area contributed by atoms with Gasteiger partial charge in [-0.3, -0.25) is 0 Å². The van der Waals surface area contributed by atoms with Gasteiger partial charge in [-0.1, -0.05) is 6.07 Å². The minimum absolute atomic E-state index is 0.241. The number of aromatic hydroxyl groups is 1. The summed E-state index contributed by atoms with van der Waals surface area (Å²) in [7, 11) is 0. The molecule has 1 aromatic carbocycles. The highest BCUT2D eigenvalue weighted by Gasteiger charge is 2.04. The molecule has 1 nitrogen and oxygen atoms in total. The average molecular weight is 236 g/mol. The van der Waals surface area contributed by atoms with Crippen LogP contribution in [-0.2, 0) is 5.88 Å². The van der Waals surface area contributed by atoms with Gasteiger partial charge in [0.05, 0.1) is 10.4 Å². The maximum Gasteiger partial charge on any atom is 0.134 e. The topological polar surface area (TPSA) is 20.2 Å². The highest BCUT2D eigenvalue weighted by atomic mass is 79.9. The Kier molecular flexibility index (Phi) is 2.79. The number of rotatable bonds is 1. The molecule has 0 fully saturated rings. The van der Waals surface area contributed by atoms with E-state index in [1.165, 1.54) is 0 Å². The lowest BCUT2D eigenvalue weighted by Gasteiger charge is -2.03. The Balaban J connectivity index is 3.24. The van der Waals surface area contributed by atoms with Crippen LogP contribution in [-0.4, -0.2) is 5.11 Å². The molecule has 0 aliphatic heterocycles. The zero-order chi connectivity index (χ0) is 8.43. The van der Waals surface area contributed by atoms with E-state index in [0.717, 1.165) is 11.1 Å². The summed E-state index contributed by atoms with van der Waals surface area (Å²) < 4.78 is 0.702. The molecule has 0 aliphatic carbocycles. The Morgan fingerprint density at radius 3 is 2.73 bits per heavy atom. The lowest BCUT2D eigenvalue weighted by molar-refractivity contribution is 0.467. The van der Waals surface area contributed by atoms with Gasteiger partial charge in [0.2, 0.25) is 0 Å². The van der Waals surface area contributed by atoms with Crippen molar-refractivity contribution in [2.75, 3.05) is 0 Å². The molecular formula is C8H8BrClO. The van der Waals surface area contributed by atoms with E-state index in [1.54, 1.807) is 0 Å². The Morgan fingerprint density at radius 1 is 1.55 bits per heavy atom. The van der Waals surface area contributed by atoms with Crippen molar-refractivity contribution < 1.29 is 5.11 Å². The second-order valence-corrected chi connectivity index (χ2v) is 3.51. The van der Waals surface area contributed by atoms with Crippen LogP contribution in [0.5, 0.6) is 5.75 Å². The summed E-state index contributed by atoms with van der Waals surface area (Å²) in [5.41, 5.74) is 1.85. The molecule has 0 aromatic heterocycles. The second kappa shape index (κ2) is 3.46. The van der Waals surface area contributed by atoms with Crippen molar-refractivity contribution >= 4 is 27.5 Å². The van der Waals surface area contributed by atoms with Crippen molar-refractivity contribution in [3.8, 4) is 5.75 Å². The van der Waals surface area contributed by atoms with E-state index in [4.69, 9.17) is 11.6 Å². The van der Waals surface area contributed by atoms with Crippen molar-refractivity contribution in [3.05, 3.63) is 27.7 Å². The molecule has 0 amide bonds. The average Bonchev–Trinajstić information content (AvgIpc) is 1.96. The van der Waals surface area contributed by atoms with E-state index in [9.17, 15) is 5.11 Å². The van der Waals surface area contributed by atoms with Crippen molar-refractivity contribution in [3.63, 3.8) is 0 Å². The highest BCUT2D eigenvalue weighted by molar-refractivity contribution is 9.10. The number of phenols is 1. The second-order valence-electron chi connectivity index (χ2n) is 2.39. The van der Waals surface area contributed by atoms with Crippen LogP contribution in [0.1, 0.15) is 11.1 Å². The SMILES string of the molecule is Cc1cc(Br)c(O)c(CCl)c1. The van der Waals surface area contributed by atoms with Gasteiger partial charge >= 0.3 is 0 Å². The van der Waals surface area contributed by atoms with Gasteiger partial charge in [0.1, 0.15) is 5.75 Å². The van der Waals surface area contributed by atoms with E-state index in [-0.39, 0.29) is 5.75 Å². The normalized spacial score (nSPS) is 10.1. The Hall–Kier alpha value is -0.210. The fourth-order valence-electron chi connectivity index (χ4n) is 0.908. The largest absolute Gasteiger partial charge is 0.506 e. The van der Waals surface area contributed by atoms with E-state index >= 15 is 0 Å². The fourth-order valence-corrected chi connectivity index (χ4v) is 1.73.